The second kappa shape index (κ2) is 6.79. The van der Waals surface area contributed by atoms with Crippen LogP contribution in [0.1, 0.15) is 18.4 Å². The molecule has 7 nitrogen and oxygen atoms in total. The van der Waals surface area contributed by atoms with Gasteiger partial charge in [-0.15, -0.1) is 10.2 Å². The van der Waals surface area contributed by atoms with Crippen molar-refractivity contribution in [3.05, 3.63) is 60.0 Å². The highest BCUT2D eigenvalue weighted by Crippen LogP contribution is 2.28. The lowest BCUT2D eigenvalue weighted by Crippen LogP contribution is -1.94. The topological polar surface area (TPSA) is 74.0 Å². The Morgan fingerprint density at radius 2 is 1.79 bits per heavy atom. The summed E-state index contributed by atoms with van der Waals surface area (Å²) in [5, 5.41) is 13.7. The molecule has 0 aliphatic carbocycles. The molecule has 0 saturated heterocycles. The molecule has 0 aliphatic heterocycles. The molecule has 5 aromatic rings. The molecule has 5 rings (SSSR count). The third-order valence-corrected chi connectivity index (χ3v) is 5.60. The lowest BCUT2D eigenvalue weighted by atomic mass is 10.1. The maximum atomic E-state index is 5.43. The van der Waals surface area contributed by atoms with Crippen LogP contribution in [0.15, 0.2) is 58.2 Å². The van der Waals surface area contributed by atoms with Crippen molar-refractivity contribution in [2.45, 2.75) is 31.3 Å². The highest BCUT2D eigenvalue weighted by Gasteiger charge is 2.17. The van der Waals surface area contributed by atoms with E-state index < -0.39 is 0 Å². The first-order chi connectivity index (χ1) is 13.7. The lowest BCUT2D eigenvalue weighted by Gasteiger charge is -1.97. The second-order valence-electron chi connectivity index (χ2n) is 6.52. The van der Waals surface area contributed by atoms with Crippen LogP contribution in [0.25, 0.3) is 28.2 Å². The average Bonchev–Trinajstić information content (AvgIpc) is 3.42. The first-order valence-corrected chi connectivity index (χ1v) is 10.1. The fourth-order valence-electron chi connectivity index (χ4n) is 3.30. The molecule has 3 aromatic heterocycles. The molecule has 140 valence electrons. The zero-order valence-electron chi connectivity index (χ0n) is 15.5. The molecule has 2 aromatic carbocycles. The number of para-hydroxylation sites is 2. The maximum absolute atomic E-state index is 5.43. The SMILES string of the molecule is CCn1c2ccccc2n2c(SCc3nc(-c4ccc(C)cc4)no3)nnc12. The molecule has 0 radical (unpaired) electrons. The van der Waals surface area contributed by atoms with Gasteiger partial charge in [0.25, 0.3) is 0 Å². The zero-order chi connectivity index (χ0) is 19.1. The van der Waals surface area contributed by atoms with Crippen LogP contribution in [0.3, 0.4) is 0 Å². The largest absolute Gasteiger partial charge is 0.338 e. The molecule has 0 atom stereocenters. The van der Waals surface area contributed by atoms with Gasteiger partial charge in [0.05, 0.1) is 16.8 Å². The van der Waals surface area contributed by atoms with Crippen LogP contribution in [0.4, 0.5) is 0 Å². The third-order valence-electron chi connectivity index (χ3n) is 4.69. The van der Waals surface area contributed by atoms with E-state index in [9.17, 15) is 0 Å². The van der Waals surface area contributed by atoms with E-state index in [1.54, 1.807) is 0 Å². The normalized spacial score (nSPS) is 11.6. The first-order valence-electron chi connectivity index (χ1n) is 9.09. The van der Waals surface area contributed by atoms with Crippen LogP contribution in [-0.2, 0) is 12.3 Å². The van der Waals surface area contributed by atoms with Crippen molar-refractivity contribution in [2.75, 3.05) is 0 Å². The molecule has 0 saturated carbocycles. The van der Waals surface area contributed by atoms with Gasteiger partial charge >= 0.3 is 0 Å². The number of benzene rings is 2. The minimum atomic E-state index is 0.533. The van der Waals surface area contributed by atoms with Gasteiger partial charge in [-0.2, -0.15) is 4.98 Å². The maximum Gasteiger partial charge on any atom is 0.237 e. The summed E-state index contributed by atoms with van der Waals surface area (Å²) >= 11 is 1.54. The van der Waals surface area contributed by atoms with Crippen molar-refractivity contribution in [3.8, 4) is 11.4 Å². The van der Waals surface area contributed by atoms with E-state index >= 15 is 0 Å². The zero-order valence-corrected chi connectivity index (χ0v) is 16.3. The summed E-state index contributed by atoms with van der Waals surface area (Å²) in [5.41, 5.74) is 4.39. The summed E-state index contributed by atoms with van der Waals surface area (Å²) in [7, 11) is 0. The summed E-state index contributed by atoms with van der Waals surface area (Å²) in [5.74, 6) is 2.55. The van der Waals surface area contributed by atoms with Crippen LogP contribution in [0.5, 0.6) is 0 Å². The standard InChI is InChI=1S/C20H18N6OS/c1-3-25-15-6-4-5-7-16(15)26-19(25)22-23-20(26)28-12-17-21-18(24-27-17)14-10-8-13(2)9-11-14/h4-11H,3,12H2,1-2H3. The summed E-state index contributed by atoms with van der Waals surface area (Å²) in [6.07, 6.45) is 0. The predicted molar refractivity (Wildman–Crippen MR) is 108 cm³/mol. The first kappa shape index (κ1) is 17.0. The highest BCUT2D eigenvalue weighted by molar-refractivity contribution is 7.98. The second-order valence-corrected chi connectivity index (χ2v) is 7.46. The Morgan fingerprint density at radius 3 is 2.57 bits per heavy atom. The number of rotatable bonds is 5. The van der Waals surface area contributed by atoms with E-state index in [2.05, 4.69) is 55.3 Å². The molecular formula is C20H18N6OS. The van der Waals surface area contributed by atoms with Crippen LogP contribution in [0.2, 0.25) is 0 Å². The Bertz CT molecular complexity index is 1270. The van der Waals surface area contributed by atoms with Crippen LogP contribution < -0.4 is 0 Å². The quantitative estimate of drug-likeness (QED) is 0.415. The van der Waals surface area contributed by atoms with Gasteiger partial charge in [-0.05, 0) is 26.0 Å². The van der Waals surface area contributed by atoms with Gasteiger partial charge in [-0.1, -0.05) is 58.9 Å². The number of thioether (sulfide) groups is 1. The van der Waals surface area contributed by atoms with Gasteiger partial charge in [0.2, 0.25) is 17.5 Å². The van der Waals surface area contributed by atoms with Crippen molar-refractivity contribution in [2.24, 2.45) is 0 Å². The summed E-state index contributed by atoms with van der Waals surface area (Å²) < 4.78 is 9.67. The summed E-state index contributed by atoms with van der Waals surface area (Å²) in [4.78, 5) is 4.51. The molecule has 0 amide bonds. The van der Waals surface area contributed by atoms with Crippen molar-refractivity contribution in [3.63, 3.8) is 0 Å². The van der Waals surface area contributed by atoms with E-state index in [1.807, 2.05) is 36.4 Å². The summed E-state index contributed by atoms with van der Waals surface area (Å²) in [6.45, 7) is 5.00. The lowest BCUT2D eigenvalue weighted by molar-refractivity contribution is 0.391. The van der Waals surface area contributed by atoms with E-state index in [1.165, 1.54) is 17.3 Å². The Labute approximate surface area is 165 Å². The van der Waals surface area contributed by atoms with Gasteiger partial charge in [0.1, 0.15) is 0 Å². The van der Waals surface area contributed by atoms with Gasteiger partial charge in [0.15, 0.2) is 5.16 Å². The fourth-order valence-corrected chi connectivity index (χ4v) is 4.08. The number of imidazole rings is 1. The molecule has 0 fully saturated rings. The van der Waals surface area contributed by atoms with E-state index in [4.69, 9.17) is 4.52 Å². The molecule has 0 aliphatic rings. The highest BCUT2D eigenvalue weighted by atomic mass is 32.2. The number of fused-ring (bicyclic) bond motifs is 3. The molecule has 0 bridgehead atoms. The van der Waals surface area contributed by atoms with Gasteiger partial charge in [-0.25, -0.2) is 0 Å². The van der Waals surface area contributed by atoms with E-state index in [0.29, 0.717) is 17.5 Å². The Kier molecular flexibility index (Phi) is 4.12. The molecule has 0 unspecified atom stereocenters. The molecule has 28 heavy (non-hydrogen) atoms. The number of nitrogens with zero attached hydrogens (tertiary/aromatic N) is 6. The number of hydrogen-bond donors (Lipinski definition) is 0. The van der Waals surface area contributed by atoms with Crippen molar-refractivity contribution >= 4 is 28.6 Å². The third kappa shape index (κ3) is 2.77. The number of hydrogen-bond acceptors (Lipinski definition) is 6. The minimum Gasteiger partial charge on any atom is -0.338 e. The Hall–Kier alpha value is -3.13. The van der Waals surface area contributed by atoms with Crippen molar-refractivity contribution in [1.29, 1.82) is 0 Å². The van der Waals surface area contributed by atoms with E-state index in [0.717, 1.165) is 34.1 Å². The molecule has 0 N–H and O–H groups in total. The molecular weight excluding hydrogens is 372 g/mol. The molecule has 0 spiro atoms. The van der Waals surface area contributed by atoms with Gasteiger partial charge < -0.3 is 9.09 Å². The van der Waals surface area contributed by atoms with Crippen molar-refractivity contribution in [1.82, 2.24) is 29.3 Å². The Morgan fingerprint density at radius 1 is 1.00 bits per heavy atom. The monoisotopic (exact) mass is 390 g/mol. The number of aryl methyl sites for hydroxylation is 2. The van der Waals surface area contributed by atoms with E-state index in [-0.39, 0.29) is 0 Å². The van der Waals surface area contributed by atoms with Crippen LogP contribution in [-0.4, -0.2) is 29.3 Å². The van der Waals surface area contributed by atoms with Crippen LogP contribution >= 0.6 is 11.8 Å². The van der Waals surface area contributed by atoms with Crippen LogP contribution in [0, 0.1) is 6.92 Å². The molecule has 8 heteroatoms. The Balaban J connectivity index is 1.43. The predicted octanol–water partition coefficient (Wildman–Crippen LogP) is 4.35. The van der Waals surface area contributed by atoms with Gasteiger partial charge in [-0.3, -0.25) is 4.40 Å². The fraction of sp³-hybridized carbons (Fsp3) is 0.200. The minimum absolute atomic E-state index is 0.533. The molecule has 3 heterocycles. The number of aromatic nitrogens is 6. The van der Waals surface area contributed by atoms with Crippen molar-refractivity contribution < 1.29 is 4.52 Å². The summed E-state index contributed by atoms with van der Waals surface area (Å²) in [6, 6.07) is 16.3. The average molecular weight is 390 g/mol. The van der Waals surface area contributed by atoms with Gasteiger partial charge in [0, 0.05) is 12.1 Å². The smallest absolute Gasteiger partial charge is 0.237 e.